The molecule has 2 N–H and O–H groups in total. The number of hydrogen-bond acceptors (Lipinski definition) is 8. The van der Waals surface area contributed by atoms with Crippen LogP contribution in [0.3, 0.4) is 0 Å². The van der Waals surface area contributed by atoms with E-state index >= 15 is 0 Å². The highest BCUT2D eigenvalue weighted by Gasteiger charge is 2.25. The van der Waals surface area contributed by atoms with Gasteiger partial charge in [0.25, 0.3) is 5.91 Å². The van der Waals surface area contributed by atoms with Crippen molar-refractivity contribution in [1.29, 1.82) is 0 Å². The van der Waals surface area contributed by atoms with E-state index < -0.39 is 33.5 Å². The first-order valence-electron chi connectivity index (χ1n) is 12.4. The van der Waals surface area contributed by atoms with Gasteiger partial charge >= 0.3 is 5.97 Å². The predicted molar refractivity (Wildman–Crippen MR) is 146 cm³/mol. The first-order chi connectivity index (χ1) is 19.2. The van der Waals surface area contributed by atoms with Crippen molar-refractivity contribution >= 4 is 33.0 Å². The number of sulfonamides is 1. The number of carbonyl (C=O) groups is 2. The lowest BCUT2D eigenvalue weighted by Gasteiger charge is -2.12. The fourth-order valence-electron chi connectivity index (χ4n) is 4.15. The Kier molecular flexibility index (Phi) is 8.80. The monoisotopic (exact) mass is 569 g/mol. The molecule has 4 rings (SSSR count). The van der Waals surface area contributed by atoms with Gasteiger partial charge in [-0.1, -0.05) is 19.1 Å². The summed E-state index contributed by atoms with van der Waals surface area (Å²) in [6.45, 7) is 1.76. The molecule has 12 heteroatoms. The SMILES string of the molecule is CCc1cc2c(C(=O)NC)c(-c3ccc(F)cc3)oc2nc1CS(=O)(=O)NCCOc1ccccc1C(=O)OC. The van der Waals surface area contributed by atoms with Crippen LogP contribution >= 0.6 is 0 Å². The van der Waals surface area contributed by atoms with Crippen molar-refractivity contribution in [3.05, 3.63) is 82.8 Å². The maximum absolute atomic E-state index is 13.5. The van der Waals surface area contributed by atoms with Crippen LogP contribution in [0.5, 0.6) is 5.75 Å². The standard InChI is InChI=1S/C28H28FN3O7S/c1-4-17-15-21-24(26(33)30-2)25(18-9-11-19(29)12-10-18)39-27(21)32-22(17)16-40(35,36)31-13-14-38-23-8-6-5-7-20(23)28(34)37-3/h5-12,15,31H,4,13-14,16H2,1-3H3,(H,30,33). The van der Waals surface area contributed by atoms with Crippen LogP contribution < -0.4 is 14.8 Å². The number of nitrogens with one attached hydrogen (secondary N) is 2. The topological polar surface area (TPSA) is 137 Å². The molecule has 0 unspecified atom stereocenters. The molecule has 0 fully saturated rings. The molecule has 2 aromatic carbocycles. The van der Waals surface area contributed by atoms with E-state index in [-0.39, 0.29) is 47.2 Å². The number of para-hydroxylation sites is 1. The number of ether oxygens (including phenoxy) is 2. The zero-order valence-electron chi connectivity index (χ0n) is 22.1. The summed E-state index contributed by atoms with van der Waals surface area (Å²) < 4.78 is 58.0. The van der Waals surface area contributed by atoms with E-state index in [4.69, 9.17) is 13.9 Å². The molecule has 0 aliphatic heterocycles. The van der Waals surface area contributed by atoms with Gasteiger partial charge in [-0.3, -0.25) is 4.79 Å². The minimum Gasteiger partial charge on any atom is -0.491 e. The molecule has 0 saturated carbocycles. The van der Waals surface area contributed by atoms with Crippen molar-refractivity contribution in [1.82, 2.24) is 15.0 Å². The molecule has 2 heterocycles. The largest absolute Gasteiger partial charge is 0.491 e. The Morgan fingerprint density at radius 3 is 2.50 bits per heavy atom. The van der Waals surface area contributed by atoms with Crippen molar-refractivity contribution in [2.24, 2.45) is 0 Å². The number of esters is 1. The normalized spacial score (nSPS) is 11.4. The molecule has 0 atom stereocenters. The summed E-state index contributed by atoms with van der Waals surface area (Å²) in [4.78, 5) is 29.1. The van der Waals surface area contributed by atoms with Crippen LogP contribution in [0.2, 0.25) is 0 Å². The van der Waals surface area contributed by atoms with Gasteiger partial charge in [-0.2, -0.15) is 0 Å². The lowest BCUT2D eigenvalue weighted by Crippen LogP contribution is -2.30. The Hall–Kier alpha value is -4.29. The summed E-state index contributed by atoms with van der Waals surface area (Å²) >= 11 is 0. The zero-order valence-corrected chi connectivity index (χ0v) is 22.9. The first-order valence-corrected chi connectivity index (χ1v) is 14.0. The van der Waals surface area contributed by atoms with Crippen LogP contribution in [0.4, 0.5) is 4.39 Å². The maximum atomic E-state index is 13.5. The van der Waals surface area contributed by atoms with Gasteiger partial charge in [0.1, 0.15) is 35.3 Å². The van der Waals surface area contributed by atoms with Crippen LogP contribution in [0.1, 0.15) is 38.9 Å². The first kappa shape index (κ1) is 28.7. The van der Waals surface area contributed by atoms with Gasteiger partial charge in [-0.05, 0) is 54.4 Å². The fourth-order valence-corrected chi connectivity index (χ4v) is 5.25. The number of furan rings is 1. The molecule has 2 aromatic heterocycles. The Labute approximate surface area is 230 Å². The number of methoxy groups -OCH3 is 1. The number of halogens is 1. The number of benzene rings is 2. The van der Waals surface area contributed by atoms with Crippen LogP contribution in [-0.2, 0) is 26.9 Å². The quantitative estimate of drug-likeness (QED) is 0.205. The number of aromatic nitrogens is 1. The molecule has 10 nitrogen and oxygen atoms in total. The molecule has 0 saturated heterocycles. The van der Waals surface area contributed by atoms with Gasteiger partial charge in [-0.25, -0.2) is 27.3 Å². The van der Waals surface area contributed by atoms with Gasteiger partial charge in [0.2, 0.25) is 15.7 Å². The Balaban J connectivity index is 1.55. The van der Waals surface area contributed by atoms with Crippen LogP contribution in [0.15, 0.2) is 59.0 Å². The Morgan fingerprint density at radius 1 is 1.10 bits per heavy atom. The number of aryl methyl sites for hydroxylation is 1. The van der Waals surface area contributed by atoms with Gasteiger partial charge in [0, 0.05) is 19.2 Å². The maximum Gasteiger partial charge on any atom is 0.341 e. The number of pyridine rings is 1. The third-order valence-corrected chi connectivity index (χ3v) is 7.39. The predicted octanol–water partition coefficient (Wildman–Crippen LogP) is 3.84. The summed E-state index contributed by atoms with van der Waals surface area (Å²) in [6.07, 6.45) is 0.450. The van der Waals surface area contributed by atoms with Gasteiger partial charge in [0.15, 0.2) is 0 Å². The number of fused-ring (bicyclic) bond motifs is 1. The molecular weight excluding hydrogens is 541 g/mol. The molecule has 0 spiro atoms. The highest BCUT2D eigenvalue weighted by Crippen LogP contribution is 2.34. The molecule has 0 aliphatic rings. The average Bonchev–Trinajstić information content (AvgIpc) is 3.32. The van der Waals surface area contributed by atoms with Gasteiger partial charge < -0.3 is 19.2 Å². The van der Waals surface area contributed by atoms with Crippen LogP contribution in [-0.4, -0.2) is 52.6 Å². The van der Waals surface area contributed by atoms with Crippen molar-refractivity contribution < 1.29 is 36.3 Å². The summed E-state index contributed by atoms with van der Waals surface area (Å²) in [6, 6.07) is 13.7. The van der Waals surface area contributed by atoms with Gasteiger partial charge in [-0.15, -0.1) is 0 Å². The summed E-state index contributed by atoms with van der Waals surface area (Å²) in [5, 5.41) is 3.00. The molecule has 0 radical (unpaired) electrons. The minimum absolute atomic E-state index is 0.0327. The third-order valence-electron chi connectivity index (χ3n) is 6.09. The van der Waals surface area contributed by atoms with Gasteiger partial charge in [0.05, 0.1) is 23.8 Å². The number of nitrogens with zero attached hydrogens (tertiary/aromatic N) is 1. The van der Waals surface area contributed by atoms with Crippen molar-refractivity contribution in [2.75, 3.05) is 27.3 Å². The molecule has 40 heavy (non-hydrogen) atoms. The van der Waals surface area contributed by atoms with Crippen molar-refractivity contribution in [3.63, 3.8) is 0 Å². The van der Waals surface area contributed by atoms with E-state index in [1.54, 1.807) is 30.3 Å². The smallest absolute Gasteiger partial charge is 0.341 e. The summed E-state index contributed by atoms with van der Waals surface area (Å²) in [5.74, 6) is -1.39. The Bertz CT molecular complexity index is 1650. The van der Waals surface area contributed by atoms with E-state index in [0.29, 0.717) is 22.9 Å². The number of amides is 1. The second kappa shape index (κ2) is 12.3. The van der Waals surface area contributed by atoms with Crippen molar-refractivity contribution in [3.8, 4) is 17.1 Å². The van der Waals surface area contributed by atoms with E-state index in [1.807, 2.05) is 6.92 Å². The van der Waals surface area contributed by atoms with Crippen LogP contribution in [0, 0.1) is 5.82 Å². The average molecular weight is 570 g/mol. The molecular formula is C28H28FN3O7S. The Morgan fingerprint density at radius 2 is 1.82 bits per heavy atom. The molecule has 210 valence electrons. The lowest BCUT2D eigenvalue weighted by molar-refractivity contribution is 0.0596. The third kappa shape index (κ3) is 6.29. The fraction of sp³-hybridized carbons (Fsp3) is 0.250. The molecule has 0 bridgehead atoms. The lowest BCUT2D eigenvalue weighted by atomic mass is 10.0. The van der Waals surface area contributed by atoms with E-state index in [9.17, 15) is 22.4 Å². The molecule has 4 aromatic rings. The highest BCUT2D eigenvalue weighted by atomic mass is 32.2. The van der Waals surface area contributed by atoms with Crippen molar-refractivity contribution in [2.45, 2.75) is 19.1 Å². The summed E-state index contributed by atoms with van der Waals surface area (Å²) in [5.41, 5.74) is 1.90. The summed E-state index contributed by atoms with van der Waals surface area (Å²) in [7, 11) is -1.11. The van der Waals surface area contributed by atoms with Crippen LogP contribution in [0.25, 0.3) is 22.4 Å². The number of rotatable bonds is 11. The minimum atomic E-state index is -3.85. The highest BCUT2D eigenvalue weighted by molar-refractivity contribution is 7.88. The van der Waals surface area contributed by atoms with E-state index in [1.165, 1.54) is 38.4 Å². The molecule has 0 aliphatic carbocycles. The number of carbonyl (C=O) groups excluding carboxylic acids is 2. The van der Waals surface area contributed by atoms with E-state index in [2.05, 4.69) is 15.0 Å². The number of hydrogen-bond donors (Lipinski definition) is 2. The second-order valence-corrected chi connectivity index (χ2v) is 10.5. The second-order valence-electron chi connectivity index (χ2n) is 8.68. The molecule has 1 amide bonds. The van der Waals surface area contributed by atoms with E-state index in [0.717, 1.165) is 0 Å². The zero-order chi connectivity index (χ0) is 28.9.